The summed E-state index contributed by atoms with van der Waals surface area (Å²) in [4.78, 5) is 12.1. The van der Waals surface area contributed by atoms with Crippen LogP contribution in [0.15, 0.2) is 24.7 Å². The number of aromatic nitrogens is 3. The average Bonchev–Trinajstić information content (AvgIpc) is 2.96. The molecule has 0 spiro atoms. The molecule has 0 aromatic carbocycles. The number of carbonyl (C=O) groups is 1. The van der Waals surface area contributed by atoms with Crippen LogP contribution in [0.25, 0.3) is 0 Å². The number of hydrogen-bond acceptors (Lipinski definition) is 2. The van der Waals surface area contributed by atoms with Gasteiger partial charge in [0.2, 0.25) is 0 Å². The van der Waals surface area contributed by atoms with Gasteiger partial charge in [-0.1, -0.05) is 11.6 Å². The van der Waals surface area contributed by atoms with Crippen LogP contribution in [-0.4, -0.2) is 20.7 Å². The van der Waals surface area contributed by atoms with Gasteiger partial charge < -0.3 is 9.88 Å². The van der Waals surface area contributed by atoms with E-state index in [1.54, 1.807) is 24.7 Å². The number of hydrogen-bond donors (Lipinski definition) is 2. The van der Waals surface area contributed by atoms with Crippen LogP contribution in [0.3, 0.4) is 0 Å². The van der Waals surface area contributed by atoms with E-state index in [-0.39, 0.29) is 11.9 Å². The topological polar surface area (TPSA) is 62.7 Å². The third-order valence-electron chi connectivity index (χ3n) is 2.80. The van der Waals surface area contributed by atoms with Crippen molar-refractivity contribution in [1.29, 1.82) is 0 Å². The molecule has 0 saturated heterocycles. The highest BCUT2D eigenvalue weighted by atomic mass is 35.5. The summed E-state index contributed by atoms with van der Waals surface area (Å²) in [6.45, 7) is 4.58. The van der Waals surface area contributed by atoms with Crippen molar-refractivity contribution in [3.63, 3.8) is 0 Å². The monoisotopic (exact) mass is 266 g/mol. The molecule has 2 aromatic heterocycles. The van der Waals surface area contributed by atoms with Crippen molar-refractivity contribution in [3.8, 4) is 0 Å². The molecule has 6 heteroatoms. The zero-order chi connectivity index (χ0) is 13.1. The summed E-state index contributed by atoms with van der Waals surface area (Å²) in [5, 5.41) is 10.1. The van der Waals surface area contributed by atoms with Crippen molar-refractivity contribution in [2.45, 2.75) is 26.4 Å². The lowest BCUT2D eigenvalue weighted by Crippen LogP contribution is -2.28. The maximum Gasteiger partial charge on any atom is 0.268 e. The zero-order valence-electron chi connectivity index (χ0n) is 10.3. The molecule has 2 N–H and O–H groups in total. The summed E-state index contributed by atoms with van der Waals surface area (Å²) in [7, 11) is 0. The Kier molecular flexibility index (Phi) is 3.72. The third kappa shape index (κ3) is 2.56. The van der Waals surface area contributed by atoms with Gasteiger partial charge in [-0.3, -0.25) is 9.89 Å². The lowest BCUT2D eigenvalue weighted by atomic mass is 10.2. The van der Waals surface area contributed by atoms with Crippen molar-refractivity contribution in [1.82, 2.24) is 20.1 Å². The van der Waals surface area contributed by atoms with Gasteiger partial charge in [-0.05, 0) is 19.9 Å². The molecule has 0 radical (unpaired) electrons. The number of halogens is 1. The molecule has 2 rings (SSSR count). The summed E-state index contributed by atoms with van der Waals surface area (Å²) in [5.74, 6) is -0.141. The molecule has 2 heterocycles. The second-order valence-corrected chi connectivity index (χ2v) is 4.49. The standard InChI is InChI=1S/C12H15ClN4O/c1-3-17-7-10(13)4-11(17)12(18)16-8(2)9-5-14-15-6-9/h4-8H,3H2,1-2H3,(H,14,15)(H,16,18). The van der Waals surface area contributed by atoms with Gasteiger partial charge in [0, 0.05) is 24.5 Å². The van der Waals surface area contributed by atoms with Crippen molar-refractivity contribution in [3.05, 3.63) is 40.9 Å². The minimum Gasteiger partial charge on any atom is -0.344 e. The lowest BCUT2D eigenvalue weighted by molar-refractivity contribution is 0.0930. The van der Waals surface area contributed by atoms with E-state index in [0.29, 0.717) is 17.3 Å². The summed E-state index contributed by atoms with van der Waals surface area (Å²) in [6, 6.07) is 1.57. The quantitative estimate of drug-likeness (QED) is 0.892. The van der Waals surface area contributed by atoms with E-state index in [9.17, 15) is 4.79 Å². The van der Waals surface area contributed by atoms with Crippen LogP contribution in [0.1, 0.15) is 35.9 Å². The Bertz CT molecular complexity index is 532. The second-order valence-electron chi connectivity index (χ2n) is 4.06. The summed E-state index contributed by atoms with van der Waals surface area (Å²) in [6.07, 6.45) is 5.20. The van der Waals surface area contributed by atoms with Crippen LogP contribution in [0.4, 0.5) is 0 Å². The largest absolute Gasteiger partial charge is 0.344 e. The third-order valence-corrected chi connectivity index (χ3v) is 3.01. The first-order valence-electron chi connectivity index (χ1n) is 5.77. The van der Waals surface area contributed by atoms with Crippen molar-refractivity contribution in [2.24, 2.45) is 0 Å². The van der Waals surface area contributed by atoms with Gasteiger partial charge in [-0.25, -0.2) is 0 Å². The van der Waals surface area contributed by atoms with Gasteiger partial charge in [0.05, 0.1) is 17.3 Å². The Labute approximate surface area is 110 Å². The predicted octanol–water partition coefficient (Wildman–Crippen LogP) is 2.38. The van der Waals surface area contributed by atoms with Crippen molar-refractivity contribution in [2.75, 3.05) is 0 Å². The molecule has 2 aromatic rings. The highest BCUT2D eigenvalue weighted by Crippen LogP contribution is 2.16. The van der Waals surface area contributed by atoms with Crippen LogP contribution >= 0.6 is 11.6 Å². The Morgan fingerprint density at radius 2 is 2.44 bits per heavy atom. The number of nitrogens with one attached hydrogen (secondary N) is 2. The Morgan fingerprint density at radius 3 is 3.06 bits per heavy atom. The highest BCUT2D eigenvalue weighted by Gasteiger charge is 2.16. The van der Waals surface area contributed by atoms with Crippen molar-refractivity contribution >= 4 is 17.5 Å². The first-order chi connectivity index (χ1) is 8.61. The van der Waals surface area contributed by atoms with E-state index in [1.165, 1.54) is 0 Å². The Hall–Kier alpha value is -1.75. The molecule has 5 nitrogen and oxygen atoms in total. The molecule has 96 valence electrons. The summed E-state index contributed by atoms with van der Waals surface area (Å²) >= 11 is 5.91. The van der Waals surface area contributed by atoms with Gasteiger partial charge in [0.25, 0.3) is 5.91 Å². The van der Waals surface area contributed by atoms with Gasteiger partial charge in [0.15, 0.2) is 0 Å². The number of aryl methyl sites for hydroxylation is 1. The van der Waals surface area contributed by atoms with Crippen LogP contribution in [-0.2, 0) is 6.54 Å². The first-order valence-corrected chi connectivity index (χ1v) is 6.14. The van der Waals surface area contributed by atoms with Gasteiger partial charge in [-0.2, -0.15) is 5.10 Å². The number of H-pyrrole nitrogens is 1. The molecule has 0 aliphatic rings. The second kappa shape index (κ2) is 5.27. The minimum atomic E-state index is -0.141. The van der Waals surface area contributed by atoms with E-state index in [4.69, 9.17) is 11.6 Å². The van der Waals surface area contributed by atoms with Crippen LogP contribution in [0.2, 0.25) is 5.02 Å². The van der Waals surface area contributed by atoms with Gasteiger partial charge in [0.1, 0.15) is 5.69 Å². The molecule has 18 heavy (non-hydrogen) atoms. The first kappa shape index (κ1) is 12.7. The molecular weight excluding hydrogens is 252 g/mol. The summed E-state index contributed by atoms with van der Waals surface area (Å²) in [5.41, 5.74) is 1.50. The lowest BCUT2D eigenvalue weighted by Gasteiger charge is -2.13. The molecule has 1 unspecified atom stereocenters. The number of amides is 1. The van der Waals surface area contributed by atoms with Crippen molar-refractivity contribution < 1.29 is 4.79 Å². The maximum atomic E-state index is 12.1. The van der Waals surface area contributed by atoms with Crippen LogP contribution in [0.5, 0.6) is 0 Å². The van der Waals surface area contributed by atoms with E-state index in [0.717, 1.165) is 5.56 Å². The van der Waals surface area contributed by atoms with Gasteiger partial charge >= 0.3 is 0 Å². The number of rotatable bonds is 4. The molecule has 0 bridgehead atoms. The van der Waals surface area contributed by atoms with Crippen LogP contribution in [0, 0.1) is 0 Å². The molecular formula is C12H15ClN4O. The predicted molar refractivity (Wildman–Crippen MR) is 69.6 cm³/mol. The van der Waals surface area contributed by atoms with E-state index in [1.807, 2.05) is 18.4 Å². The number of nitrogens with zero attached hydrogens (tertiary/aromatic N) is 2. The fraction of sp³-hybridized carbons (Fsp3) is 0.333. The Balaban J connectivity index is 2.12. The summed E-state index contributed by atoms with van der Waals surface area (Å²) < 4.78 is 1.82. The fourth-order valence-corrected chi connectivity index (χ4v) is 2.00. The zero-order valence-corrected chi connectivity index (χ0v) is 11.0. The van der Waals surface area contributed by atoms with E-state index >= 15 is 0 Å². The highest BCUT2D eigenvalue weighted by molar-refractivity contribution is 6.31. The molecule has 1 atom stereocenters. The van der Waals surface area contributed by atoms with Gasteiger partial charge in [-0.15, -0.1) is 0 Å². The molecule has 0 saturated carbocycles. The molecule has 0 fully saturated rings. The van der Waals surface area contributed by atoms with E-state index in [2.05, 4.69) is 15.5 Å². The SMILES string of the molecule is CCn1cc(Cl)cc1C(=O)NC(C)c1cn[nH]c1. The Morgan fingerprint density at radius 1 is 1.67 bits per heavy atom. The van der Waals surface area contributed by atoms with E-state index < -0.39 is 0 Å². The fourth-order valence-electron chi connectivity index (χ4n) is 1.78. The molecule has 1 amide bonds. The number of aromatic amines is 1. The normalized spacial score (nSPS) is 12.4. The molecule has 0 aliphatic carbocycles. The molecule has 0 aliphatic heterocycles. The minimum absolute atomic E-state index is 0.102. The maximum absolute atomic E-state index is 12.1. The van der Waals surface area contributed by atoms with Crippen LogP contribution < -0.4 is 5.32 Å². The average molecular weight is 267 g/mol. The smallest absolute Gasteiger partial charge is 0.268 e. The number of carbonyl (C=O) groups excluding carboxylic acids is 1.